The second kappa shape index (κ2) is 4.53. The van der Waals surface area contributed by atoms with Crippen molar-refractivity contribution in [1.82, 2.24) is 5.32 Å². The van der Waals surface area contributed by atoms with Gasteiger partial charge in [-0.3, -0.25) is 4.79 Å². The lowest BCUT2D eigenvalue weighted by Gasteiger charge is -2.17. The number of ether oxygens (including phenoxy) is 1. The molecule has 1 aliphatic rings. The number of hydrogen-bond acceptors (Lipinski definition) is 3. The number of carbonyl (C=O) groups is 1. The van der Waals surface area contributed by atoms with Gasteiger partial charge in [0, 0.05) is 12.1 Å². The lowest BCUT2D eigenvalue weighted by atomic mass is 10.0. The maximum atomic E-state index is 11.5. The fourth-order valence-corrected chi connectivity index (χ4v) is 1.71. The Balaban J connectivity index is 2.15. The van der Waals surface area contributed by atoms with Crippen LogP contribution in [-0.2, 0) is 6.42 Å². The molecule has 4 heteroatoms. The summed E-state index contributed by atoms with van der Waals surface area (Å²) in [7, 11) is 0. The van der Waals surface area contributed by atoms with Gasteiger partial charge in [-0.05, 0) is 37.1 Å². The van der Waals surface area contributed by atoms with Crippen molar-refractivity contribution in [3.63, 3.8) is 0 Å². The average Bonchev–Trinajstić information content (AvgIpc) is 2.26. The first-order valence-electron chi connectivity index (χ1n) is 5.39. The molecule has 1 aliphatic heterocycles. The van der Waals surface area contributed by atoms with E-state index in [1.165, 1.54) is 0 Å². The van der Waals surface area contributed by atoms with Gasteiger partial charge in [-0.1, -0.05) is 0 Å². The number of amides is 1. The standard InChI is InChI=1S/C12H15NO3/c1-8(14)7-16-10-2-3-11-9(6-10)4-5-13-12(11)15/h2-3,6,8,14H,4-5,7H2,1H3,(H,13,15). The van der Waals surface area contributed by atoms with Crippen LogP contribution in [0.5, 0.6) is 5.75 Å². The molecule has 1 aromatic rings. The van der Waals surface area contributed by atoms with Gasteiger partial charge in [-0.25, -0.2) is 0 Å². The zero-order valence-electron chi connectivity index (χ0n) is 9.19. The quantitative estimate of drug-likeness (QED) is 0.791. The van der Waals surface area contributed by atoms with Crippen LogP contribution >= 0.6 is 0 Å². The third-order valence-electron chi connectivity index (χ3n) is 2.49. The van der Waals surface area contributed by atoms with E-state index >= 15 is 0 Å². The van der Waals surface area contributed by atoms with Crippen LogP contribution in [0.2, 0.25) is 0 Å². The summed E-state index contributed by atoms with van der Waals surface area (Å²) in [6, 6.07) is 5.39. The molecule has 0 saturated heterocycles. The predicted octanol–water partition coefficient (Wildman–Crippen LogP) is 0.732. The zero-order valence-corrected chi connectivity index (χ0v) is 9.19. The van der Waals surface area contributed by atoms with Crippen LogP contribution in [-0.4, -0.2) is 30.3 Å². The first kappa shape index (κ1) is 11.0. The molecule has 0 aliphatic carbocycles. The fraction of sp³-hybridized carbons (Fsp3) is 0.417. The van der Waals surface area contributed by atoms with Crippen LogP contribution in [0.15, 0.2) is 18.2 Å². The summed E-state index contributed by atoms with van der Waals surface area (Å²) in [6.07, 6.45) is 0.340. The number of aliphatic hydroxyl groups is 1. The third-order valence-corrected chi connectivity index (χ3v) is 2.49. The largest absolute Gasteiger partial charge is 0.491 e. The Morgan fingerprint density at radius 3 is 3.12 bits per heavy atom. The lowest BCUT2D eigenvalue weighted by Crippen LogP contribution is -2.31. The average molecular weight is 221 g/mol. The first-order chi connectivity index (χ1) is 7.66. The summed E-state index contributed by atoms with van der Waals surface area (Å²) >= 11 is 0. The number of carbonyl (C=O) groups excluding carboxylic acids is 1. The van der Waals surface area contributed by atoms with E-state index in [-0.39, 0.29) is 12.5 Å². The van der Waals surface area contributed by atoms with Crippen LogP contribution in [0.25, 0.3) is 0 Å². The summed E-state index contributed by atoms with van der Waals surface area (Å²) in [4.78, 5) is 11.5. The monoisotopic (exact) mass is 221 g/mol. The number of hydrogen-bond donors (Lipinski definition) is 2. The van der Waals surface area contributed by atoms with E-state index in [0.29, 0.717) is 12.3 Å². The molecular formula is C12H15NO3. The number of rotatable bonds is 3. The summed E-state index contributed by atoms with van der Waals surface area (Å²) in [6.45, 7) is 2.61. The molecule has 1 aromatic carbocycles. The van der Waals surface area contributed by atoms with Crippen molar-refractivity contribution in [2.24, 2.45) is 0 Å². The van der Waals surface area contributed by atoms with Crippen LogP contribution < -0.4 is 10.1 Å². The van der Waals surface area contributed by atoms with Gasteiger partial charge in [-0.2, -0.15) is 0 Å². The molecule has 0 aromatic heterocycles. The second-order valence-corrected chi connectivity index (χ2v) is 3.98. The molecule has 1 unspecified atom stereocenters. The molecule has 1 amide bonds. The number of nitrogens with one attached hydrogen (secondary N) is 1. The minimum absolute atomic E-state index is 0.0247. The maximum Gasteiger partial charge on any atom is 0.251 e. The summed E-state index contributed by atoms with van der Waals surface area (Å²) in [5, 5.41) is 11.9. The third kappa shape index (κ3) is 2.33. The van der Waals surface area contributed by atoms with Crippen LogP contribution in [0.3, 0.4) is 0 Å². The molecule has 2 rings (SSSR count). The van der Waals surface area contributed by atoms with Crippen molar-refractivity contribution < 1.29 is 14.6 Å². The van der Waals surface area contributed by atoms with E-state index in [2.05, 4.69) is 5.32 Å². The molecule has 4 nitrogen and oxygen atoms in total. The topological polar surface area (TPSA) is 58.6 Å². The Hall–Kier alpha value is -1.55. The van der Waals surface area contributed by atoms with Gasteiger partial charge >= 0.3 is 0 Å². The minimum Gasteiger partial charge on any atom is -0.491 e. The minimum atomic E-state index is -0.487. The van der Waals surface area contributed by atoms with Gasteiger partial charge in [0.2, 0.25) is 0 Å². The van der Waals surface area contributed by atoms with E-state index in [0.717, 1.165) is 17.5 Å². The van der Waals surface area contributed by atoms with Gasteiger partial charge in [-0.15, -0.1) is 0 Å². The van der Waals surface area contributed by atoms with Gasteiger partial charge in [0.15, 0.2) is 0 Å². The molecular weight excluding hydrogens is 206 g/mol. The van der Waals surface area contributed by atoms with E-state index in [9.17, 15) is 4.79 Å². The van der Waals surface area contributed by atoms with Crippen LogP contribution in [0.1, 0.15) is 22.8 Å². The number of fused-ring (bicyclic) bond motifs is 1. The van der Waals surface area contributed by atoms with Crippen molar-refractivity contribution in [3.05, 3.63) is 29.3 Å². The van der Waals surface area contributed by atoms with E-state index in [1.807, 2.05) is 6.07 Å². The van der Waals surface area contributed by atoms with E-state index in [1.54, 1.807) is 19.1 Å². The Bertz CT molecular complexity index is 401. The van der Waals surface area contributed by atoms with Crippen molar-refractivity contribution in [2.75, 3.05) is 13.2 Å². The Morgan fingerprint density at radius 1 is 1.56 bits per heavy atom. The molecule has 0 fully saturated rings. The highest BCUT2D eigenvalue weighted by Gasteiger charge is 2.16. The number of aliphatic hydroxyl groups excluding tert-OH is 1. The van der Waals surface area contributed by atoms with Crippen molar-refractivity contribution in [1.29, 1.82) is 0 Å². The fourth-order valence-electron chi connectivity index (χ4n) is 1.71. The van der Waals surface area contributed by atoms with Crippen molar-refractivity contribution in [3.8, 4) is 5.75 Å². The van der Waals surface area contributed by atoms with Gasteiger partial charge in [0.05, 0.1) is 6.10 Å². The molecule has 1 atom stereocenters. The molecule has 16 heavy (non-hydrogen) atoms. The highest BCUT2D eigenvalue weighted by molar-refractivity contribution is 5.96. The molecule has 0 saturated carbocycles. The summed E-state index contributed by atoms with van der Waals surface area (Å²) in [5.41, 5.74) is 1.72. The van der Waals surface area contributed by atoms with Crippen molar-refractivity contribution in [2.45, 2.75) is 19.4 Å². The molecule has 0 spiro atoms. The molecule has 0 bridgehead atoms. The van der Waals surface area contributed by atoms with Crippen molar-refractivity contribution >= 4 is 5.91 Å². The van der Waals surface area contributed by atoms with Gasteiger partial charge in [0.1, 0.15) is 12.4 Å². The second-order valence-electron chi connectivity index (χ2n) is 3.98. The Morgan fingerprint density at radius 2 is 2.38 bits per heavy atom. The summed E-state index contributed by atoms with van der Waals surface area (Å²) in [5.74, 6) is 0.678. The summed E-state index contributed by atoms with van der Waals surface area (Å²) < 4.78 is 5.39. The zero-order chi connectivity index (χ0) is 11.5. The molecule has 2 N–H and O–H groups in total. The number of benzene rings is 1. The highest BCUT2D eigenvalue weighted by Crippen LogP contribution is 2.20. The van der Waals surface area contributed by atoms with Gasteiger partial charge < -0.3 is 15.2 Å². The predicted molar refractivity (Wildman–Crippen MR) is 59.7 cm³/mol. The SMILES string of the molecule is CC(O)COc1ccc2c(c1)CCNC2=O. The van der Waals surface area contributed by atoms with E-state index < -0.39 is 6.10 Å². The molecule has 1 heterocycles. The molecule has 0 radical (unpaired) electrons. The highest BCUT2D eigenvalue weighted by atomic mass is 16.5. The Kier molecular flexibility index (Phi) is 3.10. The first-order valence-corrected chi connectivity index (χ1v) is 5.39. The van der Waals surface area contributed by atoms with Crippen LogP contribution in [0, 0.1) is 0 Å². The molecule has 86 valence electrons. The maximum absolute atomic E-state index is 11.5. The van der Waals surface area contributed by atoms with Gasteiger partial charge in [0.25, 0.3) is 5.91 Å². The van der Waals surface area contributed by atoms with Crippen LogP contribution in [0.4, 0.5) is 0 Å². The van der Waals surface area contributed by atoms with E-state index in [4.69, 9.17) is 9.84 Å². The Labute approximate surface area is 94.2 Å². The normalized spacial score (nSPS) is 16.2. The smallest absolute Gasteiger partial charge is 0.251 e. The lowest BCUT2D eigenvalue weighted by molar-refractivity contribution is 0.0945.